The summed E-state index contributed by atoms with van der Waals surface area (Å²) in [5.41, 5.74) is 6.17. The van der Waals surface area contributed by atoms with Crippen LogP contribution in [0.5, 0.6) is 5.75 Å². The van der Waals surface area contributed by atoms with E-state index in [1.54, 1.807) is 24.3 Å². The van der Waals surface area contributed by atoms with E-state index in [4.69, 9.17) is 10.5 Å². The van der Waals surface area contributed by atoms with E-state index in [9.17, 15) is 8.42 Å². The third-order valence-corrected chi connectivity index (χ3v) is 5.05. The van der Waals surface area contributed by atoms with Crippen molar-refractivity contribution in [1.82, 2.24) is 0 Å². The van der Waals surface area contributed by atoms with Gasteiger partial charge in [0.2, 0.25) is 9.84 Å². The molecule has 1 aliphatic heterocycles. The maximum Gasteiger partial charge on any atom is 0.203 e. The number of ether oxygens (including phenoxy) is 1. The first-order chi connectivity index (χ1) is 8.02. The van der Waals surface area contributed by atoms with Crippen LogP contribution >= 0.6 is 0 Å². The van der Waals surface area contributed by atoms with Crippen LogP contribution in [-0.2, 0) is 9.84 Å². The van der Waals surface area contributed by atoms with Gasteiger partial charge in [0.25, 0.3) is 0 Å². The number of methoxy groups -OCH3 is 1. The molecule has 0 spiro atoms. The second-order valence-corrected chi connectivity index (χ2v) is 5.98. The lowest BCUT2D eigenvalue weighted by Gasteiger charge is -2.09. The minimum Gasteiger partial charge on any atom is -0.496 e. The fourth-order valence-corrected chi connectivity index (χ4v) is 3.81. The maximum atomic E-state index is 12.3. The summed E-state index contributed by atoms with van der Waals surface area (Å²) in [6, 6.07) is 5.03. The number of hydrogen-bond acceptors (Lipinski definition) is 4. The van der Waals surface area contributed by atoms with Crippen LogP contribution in [0, 0.1) is 5.92 Å². The number of benzene rings is 1. The molecule has 2 rings (SSSR count). The molecular formula is C12H15NO3S. The monoisotopic (exact) mass is 253 g/mol. The topological polar surface area (TPSA) is 69.4 Å². The number of fused-ring (bicyclic) bond motifs is 1. The normalized spacial score (nSPS) is 18.4. The molecular weight excluding hydrogens is 238 g/mol. The Morgan fingerprint density at radius 2 is 2.12 bits per heavy atom. The van der Waals surface area contributed by atoms with Crippen LogP contribution in [0.25, 0.3) is 6.08 Å². The second-order valence-electron chi connectivity index (χ2n) is 4.06. The summed E-state index contributed by atoms with van der Waals surface area (Å²) >= 11 is 0. The van der Waals surface area contributed by atoms with E-state index >= 15 is 0 Å². The van der Waals surface area contributed by atoms with Gasteiger partial charge in [-0.25, -0.2) is 8.42 Å². The SMILES string of the molecule is COc1cccc2c1C=C(C(C)CN)S2(=O)=O. The van der Waals surface area contributed by atoms with Crippen LogP contribution in [0.1, 0.15) is 12.5 Å². The van der Waals surface area contributed by atoms with E-state index < -0.39 is 9.84 Å². The largest absolute Gasteiger partial charge is 0.496 e. The van der Waals surface area contributed by atoms with Gasteiger partial charge in [-0.2, -0.15) is 0 Å². The molecule has 17 heavy (non-hydrogen) atoms. The number of hydrogen-bond donors (Lipinski definition) is 1. The standard InChI is InChI=1S/C12H15NO3S/c1-8(7-13)12-6-9-10(16-2)4-3-5-11(9)17(12,14)15/h3-6,8H,7,13H2,1-2H3. The smallest absolute Gasteiger partial charge is 0.203 e. The zero-order valence-corrected chi connectivity index (χ0v) is 10.6. The van der Waals surface area contributed by atoms with Crippen molar-refractivity contribution in [3.8, 4) is 5.75 Å². The summed E-state index contributed by atoms with van der Waals surface area (Å²) in [5.74, 6) is 0.391. The number of rotatable bonds is 3. The van der Waals surface area contributed by atoms with Gasteiger partial charge in [-0.3, -0.25) is 0 Å². The van der Waals surface area contributed by atoms with Crippen LogP contribution in [-0.4, -0.2) is 22.1 Å². The molecule has 1 unspecified atom stereocenters. The van der Waals surface area contributed by atoms with E-state index in [1.165, 1.54) is 7.11 Å². The molecule has 0 radical (unpaired) electrons. The average Bonchev–Trinajstić information content (AvgIpc) is 2.60. The zero-order chi connectivity index (χ0) is 12.6. The van der Waals surface area contributed by atoms with Crippen molar-refractivity contribution in [1.29, 1.82) is 0 Å². The fourth-order valence-electron chi connectivity index (χ4n) is 1.95. The van der Waals surface area contributed by atoms with E-state index in [1.807, 2.05) is 6.92 Å². The molecule has 0 saturated heterocycles. The van der Waals surface area contributed by atoms with Crippen LogP contribution in [0.2, 0.25) is 0 Å². The molecule has 0 fully saturated rings. The lowest BCUT2D eigenvalue weighted by molar-refractivity contribution is 0.412. The van der Waals surface area contributed by atoms with Gasteiger partial charge in [-0.15, -0.1) is 0 Å². The summed E-state index contributed by atoms with van der Waals surface area (Å²) < 4.78 is 29.7. The Morgan fingerprint density at radius 3 is 2.71 bits per heavy atom. The molecule has 1 heterocycles. The highest BCUT2D eigenvalue weighted by atomic mass is 32.2. The predicted octanol–water partition coefficient (Wildman–Crippen LogP) is 1.42. The third-order valence-electron chi connectivity index (χ3n) is 2.97. The molecule has 5 heteroatoms. The Kier molecular flexibility index (Phi) is 2.97. The Labute approximate surface area is 101 Å². The fraction of sp³-hybridized carbons (Fsp3) is 0.333. The highest BCUT2D eigenvalue weighted by Gasteiger charge is 2.33. The second kappa shape index (κ2) is 4.16. The lowest BCUT2D eigenvalue weighted by Crippen LogP contribution is -2.17. The van der Waals surface area contributed by atoms with Crippen molar-refractivity contribution < 1.29 is 13.2 Å². The van der Waals surface area contributed by atoms with Crippen molar-refractivity contribution in [2.75, 3.05) is 13.7 Å². The molecule has 92 valence electrons. The van der Waals surface area contributed by atoms with E-state index in [0.29, 0.717) is 27.7 Å². The van der Waals surface area contributed by atoms with Crippen molar-refractivity contribution >= 4 is 15.9 Å². The first kappa shape index (κ1) is 12.1. The van der Waals surface area contributed by atoms with Crippen LogP contribution < -0.4 is 10.5 Å². The Balaban J connectivity index is 2.65. The van der Waals surface area contributed by atoms with Gasteiger partial charge in [0.1, 0.15) is 5.75 Å². The number of sulfone groups is 1. The first-order valence-electron chi connectivity index (χ1n) is 5.36. The highest BCUT2D eigenvalue weighted by Crippen LogP contribution is 2.40. The Bertz CT molecular complexity index is 575. The molecule has 0 aromatic heterocycles. The predicted molar refractivity (Wildman–Crippen MR) is 66.4 cm³/mol. The minimum absolute atomic E-state index is 0.183. The molecule has 0 bridgehead atoms. The summed E-state index contributed by atoms with van der Waals surface area (Å²) in [4.78, 5) is 0.687. The maximum absolute atomic E-state index is 12.3. The van der Waals surface area contributed by atoms with Crippen LogP contribution in [0.15, 0.2) is 28.0 Å². The summed E-state index contributed by atoms with van der Waals surface area (Å²) in [5, 5.41) is 0. The Hall–Kier alpha value is -1.33. The van der Waals surface area contributed by atoms with Crippen LogP contribution in [0.4, 0.5) is 0 Å². The van der Waals surface area contributed by atoms with Crippen molar-refractivity contribution in [3.63, 3.8) is 0 Å². The Morgan fingerprint density at radius 1 is 1.41 bits per heavy atom. The minimum atomic E-state index is -3.39. The van der Waals surface area contributed by atoms with Gasteiger partial charge in [0.15, 0.2) is 0 Å². The van der Waals surface area contributed by atoms with Gasteiger partial charge in [-0.1, -0.05) is 13.0 Å². The summed E-state index contributed by atoms with van der Waals surface area (Å²) in [7, 11) is -1.86. The average molecular weight is 253 g/mol. The molecule has 0 aliphatic carbocycles. The molecule has 1 aromatic carbocycles. The van der Waals surface area contributed by atoms with E-state index in [-0.39, 0.29) is 5.92 Å². The molecule has 1 atom stereocenters. The lowest BCUT2D eigenvalue weighted by atomic mass is 10.1. The molecule has 4 nitrogen and oxygen atoms in total. The number of nitrogens with two attached hydrogens (primary N) is 1. The van der Waals surface area contributed by atoms with Gasteiger partial charge >= 0.3 is 0 Å². The van der Waals surface area contributed by atoms with Crippen molar-refractivity contribution in [3.05, 3.63) is 28.7 Å². The van der Waals surface area contributed by atoms with Gasteiger partial charge in [0.05, 0.1) is 16.9 Å². The van der Waals surface area contributed by atoms with E-state index in [2.05, 4.69) is 0 Å². The van der Waals surface area contributed by atoms with Gasteiger partial charge in [-0.05, 0) is 24.8 Å². The van der Waals surface area contributed by atoms with E-state index in [0.717, 1.165) is 0 Å². The molecule has 2 N–H and O–H groups in total. The molecule has 0 amide bonds. The third kappa shape index (κ3) is 1.75. The summed E-state index contributed by atoms with van der Waals surface area (Å²) in [6.45, 7) is 2.11. The zero-order valence-electron chi connectivity index (χ0n) is 9.80. The molecule has 1 aromatic rings. The van der Waals surface area contributed by atoms with Crippen molar-refractivity contribution in [2.24, 2.45) is 11.7 Å². The van der Waals surface area contributed by atoms with Gasteiger partial charge in [0, 0.05) is 11.5 Å². The quantitative estimate of drug-likeness (QED) is 0.884. The van der Waals surface area contributed by atoms with Crippen molar-refractivity contribution in [2.45, 2.75) is 11.8 Å². The summed E-state index contributed by atoms with van der Waals surface area (Å²) in [6.07, 6.45) is 1.67. The first-order valence-corrected chi connectivity index (χ1v) is 6.84. The molecule has 0 saturated carbocycles. The van der Waals surface area contributed by atoms with Gasteiger partial charge < -0.3 is 10.5 Å². The molecule has 1 aliphatic rings. The highest BCUT2D eigenvalue weighted by molar-refractivity contribution is 7.95. The van der Waals surface area contributed by atoms with Crippen LogP contribution in [0.3, 0.4) is 0 Å².